The molecule has 1 aromatic heterocycles. The molecule has 1 atom stereocenters. The van der Waals surface area contributed by atoms with Gasteiger partial charge in [-0.15, -0.1) is 0 Å². The standard InChI is InChI=1S/C18H19F2N3O/c1-22(2)18(24)12-6-7-16(21-10-12)23-9-8-13(11-23)17-14(19)4-3-5-15(17)20/h3-7,10,13H,8-9,11H2,1-2H3. The third-order valence-electron chi connectivity index (χ3n) is 4.32. The Labute approximate surface area is 139 Å². The molecule has 1 amide bonds. The van der Waals surface area contributed by atoms with Crippen LogP contribution < -0.4 is 4.90 Å². The highest BCUT2D eigenvalue weighted by Crippen LogP contribution is 2.32. The molecule has 1 aliphatic heterocycles. The van der Waals surface area contributed by atoms with Gasteiger partial charge in [-0.05, 0) is 30.7 Å². The van der Waals surface area contributed by atoms with Crippen molar-refractivity contribution in [3.8, 4) is 0 Å². The van der Waals surface area contributed by atoms with Crippen LogP contribution in [0.4, 0.5) is 14.6 Å². The zero-order chi connectivity index (χ0) is 17.3. The van der Waals surface area contributed by atoms with Gasteiger partial charge < -0.3 is 9.80 Å². The molecule has 24 heavy (non-hydrogen) atoms. The van der Waals surface area contributed by atoms with Crippen molar-refractivity contribution >= 4 is 11.7 Å². The highest BCUT2D eigenvalue weighted by Gasteiger charge is 2.29. The highest BCUT2D eigenvalue weighted by molar-refractivity contribution is 5.93. The van der Waals surface area contributed by atoms with Gasteiger partial charge in [-0.1, -0.05) is 6.07 Å². The lowest BCUT2D eigenvalue weighted by atomic mass is 9.97. The molecule has 1 saturated heterocycles. The van der Waals surface area contributed by atoms with Crippen LogP contribution in [0.2, 0.25) is 0 Å². The van der Waals surface area contributed by atoms with Crippen LogP contribution in [0.5, 0.6) is 0 Å². The van der Waals surface area contributed by atoms with Crippen molar-refractivity contribution in [3.63, 3.8) is 0 Å². The van der Waals surface area contributed by atoms with Crippen LogP contribution in [-0.4, -0.2) is 43.0 Å². The van der Waals surface area contributed by atoms with E-state index >= 15 is 0 Å². The molecular weight excluding hydrogens is 312 g/mol. The zero-order valence-electron chi connectivity index (χ0n) is 13.7. The fraction of sp³-hybridized carbons (Fsp3) is 0.333. The summed E-state index contributed by atoms with van der Waals surface area (Å²) in [5, 5.41) is 0. The second kappa shape index (κ2) is 6.55. The molecule has 3 rings (SSSR count). The van der Waals surface area contributed by atoms with E-state index in [1.165, 1.54) is 29.3 Å². The minimum absolute atomic E-state index is 0.109. The number of halogens is 2. The summed E-state index contributed by atoms with van der Waals surface area (Å²) < 4.78 is 27.9. The molecule has 2 aromatic rings. The SMILES string of the molecule is CN(C)C(=O)c1ccc(N2CCC(c3c(F)cccc3F)C2)nc1. The molecular formula is C18H19F2N3O. The van der Waals surface area contributed by atoms with Gasteiger partial charge in [0, 0.05) is 44.9 Å². The molecule has 1 unspecified atom stereocenters. The lowest BCUT2D eigenvalue weighted by Crippen LogP contribution is -2.23. The van der Waals surface area contributed by atoms with Gasteiger partial charge in [0.1, 0.15) is 17.5 Å². The molecule has 1 aromatic carbocycles. The molecule has 0 bridgehead atoms. The number of aromatic nitrogens is 1. The van der Waals surface area contributed by atoms with E-state index in [0.717, 1.165) is 0 Å². The minimum Gasteiger partial charge on any atom is -0.356 e. The van der Waals surface area contributed by atoms with Crippen LogP contribution in [0, 0.1) is 11.6 Å². The van der Waals surface area contributed by atoms with Gasteiger partial charge >= 0.3 is 0 Å². The summed E-state index contributed by atoms with van der Waals surface area (Å²) >= 11 is 0. The summed E-state index contributed by atoms with van der Waals surface area (Å²) in [7, 11) is 3.37. The molecule has 126 valence electrons. The molecule has 1 aliphatic rings. The zero-order valence-corrected chi connectivity index (χ0v) is 13.7. The first-order chi connectivity index (χ1) is 11.5. The summed E-state index contributed by atoms with van der Waals surface area (Å²) in [6.45, 7) is 1.18. The molecule has 4 nitrogen and oxygen atoms in total. The Hall–Kier alpha value is -2.50. The number of carbonyl (C=O) groups is 1. The Morgan fingerprint density at radius 3 is 2.50 bits per heavy atom. The molecule has 0 aliphatic carbocycles. The molecule has 1 fully saturated rings. The second-order valence-electron chi connectivity index (χ2n) is 6.17. The number of anilines is 1. The van der Waals surface area contributed by atoms with Gasteiger partial charge in [0.2, 0.25) is 0 Å². The fourth-order valence-corrected chi connectivity index (χ4v) is 3.06. The smallest absolute Gasteiger partial charge is 0.254 e. The van der Waals surface area contributed by atoms with Gasteiger partial charge in [0.05, 0.1) is 5.56 Å². The third-order valence-corrected chi connectivity index (χ3v) is 4.32. The number of hydrogen-bond donors (Lipinski definition) is 0. The van der Waals surface area contributed by atoms with E-state index in [2.05, 4.69) is 4.98 Å². The van der Waals surface area contributed by atoms with Crippen LogP contribution in [0.25, 0.3) is 0 Å². The molecule has 2 heterocycles. The number of rotatable bonds is 3. The van der Waals surface area contributed by atoms with Gasteiger partial charge in [0.25, 0.3) is 5.91 Å². The largest absolute Gasteiger partial charge is 0.356 e. The predicted molar refractivity (Wildman–Crippen MR) is 88.2 cm³/mol. The Morgan fingerprint density at radius 2 is 1.92 bits per heavy atom. The second-order valence-corrected chi connectivity index (χ2v) is 6.17. The highest BCUT2D eigenvalue weighted by atomic mass is 19.1. The molecule has 0 saturated carbocycles. The van der Waals surface area contributed by atoms with Crippen molar-refractivity contribution in [1.82, 2.24) is 9.88 Å². The van der Waals surface area contributed by atoms with Crippen molar-refractivity contribution in [3.05, 3.63) is 59.3 Å². The van der Waals surface area contributed by atoms with Crippen molar-refractivity contribution in [2.24, 2.45) is 0 Å². The maximum Gasteiger partial charge on any atom is 0.254 e. The summed E-state index contributed by atoms with van der Waals surface area (Å²) in [5.41, 5.74) is 0.666. The van der Waals surface area contributed by atoms with Gasteiger partial charge in [-0.2, -0.15) is 0 Å². The molecule has 0 spiro atoms. The van der Waals surface area contributed by atoms with E-state index in [-0.39, 0.29) is 17.4 Å². The topological polar surface area (TPSA) is 36.4 Å². The first-order valence-corrected chi connectivity index (χ1v) is 7.84. The van der Waals surface area contributed by atoms with Crippen molar-refractivity contribution in [1.29, 1.82) is 0 Å². The normalized spacial score (nSPS) is 17.2. The van der Waals surface area contributed by atoms with Crippen LogP contribution in [0.15, 0.2) is 36.5 Å². The molecule has 0 N–H and O–H groups in total. The van der Waals surface area contributed by atoms with Crippen LogP contribution in [0.3, 0.4) is 0 Å². The maximum absolute atomic E-state index is 13.9. The number of pyridine rings is 1. The van der Waals surface area contributed by atoms with Crippen molar-refractivity contribution in [2.45, 2.75) is 12.3 Å². The average molecular weight is 331 g/mol. The van der Waals surface area contributed by atoms with E-state index in [4.69, 9.17) is 0 Å². The number of nitrogens with zero attached hydrogens (tertiary/aromatic N) is 3. The van der Waals surface area contributed by atoms with E-state index < -0.39 is 11.6 Å². The Morgan fingerprint density at radius 1 is 1.21 bits per heavy atom. The number of hydrogen-bond acceptors (Lipinski definition) is 3. The average Bonchev–Trinajstić information content (AvgIpc) is 3.03. The van der Waals surface area contributed by atoms with Crippen molar-refractivity contribution < 1.29 is 13.6 Å². The summed E-state index contributed by atoms with van der Waals surface area (Å²) in [6.07, 6.45) is 2.20. The van der Waals surface area contributed by atoms with E-state index in [0.29, 0.717) is 30.9 Å². The van der Waals surface area contributed by atoms with E-state index in [9.17, 15) is 13.6 Å². The van der Waals surface area contributed by atoms with Crippen molar-refractivity contribution in [2.75, 3.05) is 32.1 Å². The Balaban J connectivity index is 1.75. The maximum atomic E-state index is 13.9. The number of amides is 1. The monoisotopic (exact) mass is 331 g/mol. The Bertz CT molecular complexity index is 726. The first kappa shape index (κ1) is 16.4. The van der Waals surface area contributed by atoms with Crippen LogP contribution in [-0.2, 0) is 0 Å². The summed E-state index contributed by atoms with van der Waals surface area (Å²) in [5.74, 6) is -0.592. The fourth-order valence-electron chi connectivity index (χ4n) is 3.06. The predicted octanol–water partition coefficient (Wildman–Crippen LogP) is 3.06. The molecule has 6 heteroatoms. The molecule has 0 radical (unpaired) electrons. The van der Waals surface area contributed by atoms with Crippen LogP contribution >= 0.6 is 0 Å². The third kappa shape index (κ3) is 3.09. The first-order valence-electron chi connectivity index (χ1n) is 7.84. The lowest BCUT2D eigenvalue weighted by Gasteiger charge is -2.18. The number of benzene rings is 1. The summed E-state index contributed by atoms with van der Waals surface area (Å²) in [4.78, 5) is 19.7. The van der Waals surface area contributed by atoms with Gasteiger partial charge in [-0.25, -0.2) is 13.8 Å². The quantitative estimate of drug-likeness (QED) is 0.867. The lowest BCUT2D eigenvalue weighted by molar-refractivity contribution is 0.0827. The minimum atomic E-state index is -0.498. The Kier molecular flexibility index (Phi) is 4.46. The summed E-state index contributed by atoms with van der Waals surface area (Å²) in [6, 6.07) is 7.46. The van der Waals surface area contributed by atoms with Crippen LogP contribution in [0.1, 0.15) is 28.3 Å². The number of carbonyl (C=O) groups excluding carboxylic acids is 1. The van der Waals surface area contributed by atoms with Gasteiger partial charge in [-0.3, -0.25) is 4.79 Å². The van der Waals surface area contributed by atoms with Gasteiger partial charge in [0.15, 0.2) is 0 Å². The van der Waals surface area contributed by atoms with E-state index in [1.807, 2.05) is 4.90 Å². The van der Waals surface area contributed by atoms with E-state index in [1.54, 1.807) is 26.2 Å².